The maximum Gasteiger partial charge on any atom is 0.118 e. The van der Waals surface area contributed by atoms with Crippen LogP contribution in [0, 0.1) is 0 Å². The molecule has 1 rings (SSSR count). The molecule has 1 aromatic rings. The minimum atomic E-state index is 0.155. The van der Waals surface area contributed by atoms with Crippen molar-refractivity contribution in [3.8, 4) is 5.75 Å². The predicted molar refractivity (Wildman–Crippen MR) is 85.2 cm³/mol. The van der Waals surface area contributed by atoms with Crippen molar-refractivity contribution in [2.75, 3.05) is 7.11 Å². The van der Waals surface area contributed by atoms with E-state index in [4.69, 9.17) is 21.1 Å². The third-order valence-electron chi connectivity index (χ3n) is 2.94. The normalized spacial score (nSPS) is 13.7. The quantitative estimate of drug-likeness (QED) is 0.623. The summed E-state index contributed by atoms with van der Waals surface area (Å²) in [6.45, 7) is 4.50. The van der Waals surface area contributed by atoms with E-state index >= 15 is 0 Å². The second kappa shape index (κ2) is 9.62. The first-order valence-corrected chi connectivity index (χ1v) is 7.21. The molecule has 0 radical (unpaired) electrons. The van der Waals surface area contributed by atoms with Gasteiger partial charge in [0.2, 0.25) is 0 Å². The van der Waals surface area contributed by atoms with Crippen molar-refractivity contribution >= 4 is 11.6 Å². The van der Waals surface area contributed by atoms with Crippen molar-refractivity contribution in [2.24, 2.45) is 0 Å². The van der Waals surface area contributed by atoms with Gasteiger partial charge in [0, 0.05) is 5.03 Å². The smallest absolute Gasteiger partial charge is 0.118 e. The zero-order valence-corrected chi connectivity index (χ0v) is 13.2. The molecule has 0 aliphatic rings. The summed E-state index contributed by atoms with van der Waals surface area (Å²) < 4.78 is 11.1. The third kappa shape index (κ3) is 6.78. The molecule has 0 spiro atoms. The van der Waals surface area contributed by atoms with Crippen LogP contribution in [-0.4, -0.2) is 13.2 Å². The first-order valence-electron chi connectivity index (χ1n) is 6.83. The average molecular weight is 295 g/mol. The van der Waals surface area contributed by atoms with Gasteiger partial charge in [0.15, 0.2) is 0 Å². The standard InChI is InChI=1S/C17H23ClO2/c1-4-5-6-17(10-7-14(2)18)20-13-15-8-11-16(19-3)12-9-15/h4-5,7-9,11-12,17H,6,10,13H2,1-3H3/b5-4-,14-7+/t17-/m1/s1. The van der Waals surface area contributed by atoms with Crippen LogP contribution in [0.15, 0.2) is 47.5 Å². The first-order chi connectivity index (χ1) is 9.65. The summed E-state index contributed by atoms with van der Waals surface area (Å²) in [5, 5.41) is 0.809. The predicted octanol–water partition coefficient (Wildman–Crippen LogP) is 5.08. The number of methoxy groups -OCH3 is 1. The van der Waals surface area contributed by atoms with Gasteiger partial charge in [-0.3, -0.25) is 0 Å². The lowest BCUT2D eigenvalue weighted by atomic mass is 10.1. The van der Waals surface area contributed by atoms with Crippen LogP contribution < -0.4 is 4.74 Å². The fourth-order valence-electron chi connectivity index (χ4n) is 1.75. The fourth-order valence-corrected chi connectivity index (χ4v) is 1.84. The van der Waals surface area contributed by atoms with Gasteiger partial charge >= 0.3 is 0 Å². The van der Waals surface area contributed by atoms with E-state index < -0.39 is 0 Å². The molecule has 0 unspecified atom stereocenters. The summed E-state index contributed by atoms with van der Waals surface area (Å²) in [6, 6.07) is 7.94. The highest BCUT2D eigenvalue weighted by Gasteiger charge is 2.06. The Morgan fingerprint density at radius 1 is 1.25 bits per heavy atom. The number of hydrogen-bond donors (Lipinski definition) is 0. The van der Waals surface area contributed by atoms with Crippen LogP contribution in [-0.2, 0) is 11.3 Å². The Bertz CT molecular complexity index is 431. The van der Waals surface area contributed by atoms with Gasteiger partial charge in [0.1, 0.15) is 5.75 Å². The molecule has 0 heterocycles. The molecule has 2 nitrogen and oxygen atoms in total. The topological polar surface area (TPSA) is 18.5 Å². The lowest BCUT2D eigenvalue weighted by Crippen LogP contribution is -2.11. The Morgan fingerprint density at radius 3 is 2.50 bits per heavy atom. The second-order valence-corrected chi connectivity index (χ2v) is 5.21. The van der Waals surface area contributed by atoms with Gasteiger partial charge in [-0.25, -0.2) is 0 Å². The van der Waals surface area contributed by atoms with Crippen LogP contribution in [0.25, 0.3) is 0 Å². The van der Waals surface area contributed by atoms with E-state index in [1.807, 2.05) is 50.3 Å². The van der Waals surface area contributed by atoms with E-state index in [-0.39, 0.29) is 6.10 Å². The largest absolute Gasteiger partial charge is 0.497 e. The van der Waals surface area contributed by atoms with E-state index in [9.17, 15) is 0 Å². The van der Waals surface area contributed by atoms with Gasteiger partial charge in [-0.05, 0) is 44.4 Å². The van der Waals surface area contributed by atoms with Crippen LogP contribution in [0.4, 0.5) is 0 Å². The van der Waals surface area contributed by atoms with Crippen molar-refractivity contribution in [1.29, 1.82) is 0 Å². The second-order valence-electron chi connectivity index (χ2n) is 4.61. The molecule has 0 saturated carbocycles. The Labute approximate surface area is 127 Å². The Morgan fingerprint density at radius 2 is 1.95 bits per heavy atom. The summed E-state index contributed by atoms with van der Waals surface area (Å²) in [4.78, 5) is 0. The van der Waals surface area contributed by atoms with E-state index in [0.717, 1.165) is 29.2 Å². The minimum absolute atomic E-state index is 0.155. The molecule has 20 heavy (non-hydrogen) atoms. The van der Waals surface area contributed by atoms with E-state index in [2.05, 4.69) is 6.08 Å². The first kappa shape index (κ1) is 16.8. The molecule has 0 aromatic heterocycles. The maximum atomic E-state index is 5.96. The Kier molecular flexibility index (Phi) is 8.08. The van der Waals surface area contributed by atoms with Gasteiger partial charge in [0.25, 0.3) is 0 Å². The number of allylic oxidation sites excluding steroid dienone is 2. The van der Waals surface area contributed by atoms with Gasteiger partial charge in [0.05, 0.1) is 19.8 Å². The zero-order chi connectivity index (χ0) is 14.8. The molecule has 0 saturated heterocycles. The van der Waals surface area contributed by atoms with Crippen LogP contribution >= 0.6 is 11.6 Å². The molecule has 110 valence electrons. The lowest BCUT2D eigenvalue weighted by Gasteiger charge is -2.15. The highest BCUT2D eigenvalue weighted by atomic mass is 35.5. The molecular weight excluding hydrogens is 272 g/mol. The van der Waals surface area contributed by atoms with Gasteiger partial charge in [-0.1, -0.05) is 42.0 Å². The molecule has 0 fully saturated rings. The molecular formula is C17H23ClO2. The van der Waals surface area contributed by atoms with Crippen molar-refractivity contribution in [1.82, 2.24) is 0 Å². The van der Waals surface area contributed by atoms with Gasteiger partial charge in [-0.2, -0.15) is 0 Å². The molecule has 1 aromatic carbocycles. The van der Waals surface area contributed by atoms with Crippen LogP contribution in [0.3, 0.4) is 0 Å². The van der Waals surface area contributed by atoms with Crippen LogP contribution in [0.2, 0.25) is 0 Å². The number of benzene rings is 1. The Balaban J connectivity index is 2.52. The van der Waals surface area contributed by atoms with E-state index in [0.29, 0.717) is 6.61 Å². The van der Waals surface area contributed by atoms with Crippen LogP contribution in [0.1, 0.15) is 32.3 Å². The van der Waals surface area contributed by atoms with Gasteiger partial charge in [-0.15, -0.1) is 0 Å². The highest BCUT2D eigenvalue weighted by Crippen LogP contribution is 2.15. The molecule has 3 heteroatoms. The molecule has 0 aliphatic heterocycles. The highest BCUT2D eigenvalue weighted by molar-refractivity contribution is 6.29. The summed E-state index contributed by atoms with van der Waals surface area (Å²) in [5.74, 6) is 0.861. The number of halogens is 1. The van der Waals surface area contributed by atoms with Crippen molar-refractivity contribution in [3.63, 3.8) is 0 Å². The fraction of sp³-hybridized carbons (Fsp3) is 0.412. The summed E-state index contributed by atoms with van der Waals surface area (Å²) in [7, 11) is 1.67. The Hall–Kier alpha value is -1.25. The van der Waals surface area contributed by atoms with E-state index in [1.54, 1.807) is 7.11 Å². The average Bonchev–Trinajstić information content (AvgIpc) is 2.46. The number of rotatable bonds is 8. The monoisotopic (exact) mass is 294 g/mol. The molecule has 0 bridgehead atoms. The minimum Gasteiger partial charge on any atom is -0.497 e. The molecule has 0 aliphatic carbocycles. The third-order valence-corrected chi connectivity index (χ3v) is 3.10. The summed E-state index contributed by atoms with van der Waals surface area (Å²) in [5.41, 5.74) is 1.14. The molecule has 0 N–H and O–H groups in total. The summed E-state index contributed by atoms with van der Waals surface area (Å²) in [6.07, 6.45) is 8.05. The maximum absolute atomic E-state index is 5.96. The summed E-state index contributed by atoms with van der Waals surface area (Å²) >= 11 is 5.88. The van der Waals surface area contributed by atoms with Crippen molar-refractivity contribution in [2.45, 2.75) is 39.4 Å². The van der Waals surface area contributed by atoms with Crippen molar-refractivity contribution < 1.29 is 9.47 Å². The lowest BCUT2D eigenvalue weighted by molar-refractivity contribution is 0.0446. The molecule has 0 amide bonds. The van der Waals surface area contributed by atoms with Gasteiger partial charge < -0.3 is 9.47 Å². The van der Waals surface area contributed by atoms with E-state index in [1.165, 1.54) is 0 Å². The van der Waals surface area contributed by atoms with Crippen LogP contribution in [0.5, 0.6) is 5.75 Å². The zero-order valence-electron chi connectivity index (χ0n) is 12.4. The molecule has 1 atom stereocenters. The number of hydrogen-bond acceptors (Lipinski definition) is 2. The SMILES string of the molecule is C/C=C\C[C@H](C/C=C(\C)Cl)OCc1ccc(OC)cc1. The van der Waals surface area contributed by atoms with Crippen molar-refractivity contribution in [3.05, 3.63) is 53.1 Å². The number of ether oxygens (including phenoxy) is 2.